The van der Waals surface area contributed by atoms with Crippen LogP contribution in [0.3, 0.4) is 0 Å². The van der Waals surface area contributed by atoms with Crippen LogP contribution in [-0.2, 0) is 0 Å². The summed E-state index contributed by atoms with van der Waals surface area (Å²) in [5, 5.41) is 12.5. The van der Waals surface area contributed by atoms with Gasteiger partial charge in [-0.15, -0.1) is 10.2 Å². The van der Waals surface area contributed by atoms with Crippen LogP contribution in [0.15, 0.2) is 18.3 Å². The van der Waals surface area contributed by atoms with Gasteiger partial charge in [0.1, 0.15) is 0 Å². The van der Waals surface area contributed by atoms with E-state index in [9.17, 15) is 4.79 Å². The molecule has 23 heavy (non-hydrogen) atoms. The predicted molar refractivity (Wildman–Crippen MR) is 82.2 cm³/mol. The number of rotatable bonds is 2. The minimum Gasteiger partial charge on any atom is -0.331 e. The topological polar surface area (TPSA) is 81.2 Å². The maximum atomic E-state index is 12.6. The lowest BCUT2D eigenvalue weighted by Gasteiger charge is -2.39. The fourth-order valence-corrected chi connectivity index (χ4v) is 2.95. The van der Waals surface area contributed by atoms with E-state index in [0.29, 0.717) is 24.7 Å². The lowest BCUT2D eigenvalue weighted by Crippen LogP contribution is -2.51. The van der Waals surface area contributed by atoms with E-state index >= 15 is 0 Å². The molecule has 1 aliphatic rings. The van der Waals surface area contributed by atoms with Gasteiger partial charge in [0.25, 0.3) is 11.7 Å². The molecule has 0 saturated carbocycles. The Morgan fingerprint density at radius 1 is 1.17 bits per heavy atom. The number of aromatic nitrogens is 6. The number of nitrogens with zero attached hydrogens (tertiary/aromatic N) is 7. The first-order chi connectivity index (χ1) is 11.0. The summed E-state index contributed by atoms with van der Waals surface area (Å²) >= 11 is 0. The van der Waals surface area contributed by atoms with E-state index in [4.69, 9.17) is 0 Å². The fraction of sp³-hybridized carbons (Fsp3) is 0.400. The second-order valence-electron chi connectivity index (χ2n) is 6.00. The van der Waals surface area contributed by atoms with Gasteiger partial charge in [0.15, 0.2) is 0 Å². The molecule has 1 amide bonds. The third kappa shape index (κ3) is 2.18. The highest BCUT2D eigenvalue weighted by molar-refractivity contribution is 5.91. The van der Waals surface area contributed by atoms with Gasteiger partial charge >= 0.3 is 0 Å². The second kappa shape index (κ2) is 4.87. The van der Waals surface area contributed by atoms with Crippen molar-refractivity contribution >= 4 is 11.7 Å². The van der Waals surface area contributed by atoms with Gasteiger partial charge in [-0.1, -0.05) is 0 Å². The minimum atomic E-state index is -0.124. The monoisotopic (exact) mass is 311 g/mol. The lowest BCUT2D eigenvalue weighted by molar-refractivity contribution is 0.0483. The summed E-state index contributed by atoms with van der Waals surface area (Å²) in [6.45, 7) is 7.15. The number of hydrogen-bond acceptors (Lipinski definition) is 5. The van der Waals surface area contributed by atoms with Crippen molar-refractivity contribution in [2.45, 2.75) is 26.8 Å². The Morgan fingerprint density at radius 2 is 1.96 bits per heavy atom. The van der Waals surface area contributed by atoms with Gasteiger partial charge < -0.3 is 4.90 Å². The van der Waals surface area contributed by atoms with Gasteiger partial charge in [0.2, 0.25) is 5.82 Å². The van der Waals surface area contributed by atoms with Crippen molar-refractivity contribution in [1.82, 2.24) is 34.3 Å². The van der Waals surface area contributed by atoms with Crippen molar-refractivity contribution in [2.24, 2.45) is 0 Å². The van der Waals surface area contributed by atoms with Gasteiger partial charge in [-0.3, -0.25) is 13.9 Å². The molecular weight excluding hydrogens is 294 g/mol. The second-order valence-corrected chi connectivity index (χ2v) is 6.00. The minimum absolute atomic E-state index is 0.124. The number of carbonyl (C=O) groups excluding carboxylic acids is 1. The van der Waals surface area contributed by atoms with Crippen molar-refractivity contribution in [2.75, 3.05) is 13.1 Å². The first-order valence-electron chi connectivity index (χ1n) is 7.53. The molecule has 1 aliphatic heterocycles. The van der Waals surface area contributed by atoms with Crippen LogP contribution >= 0.6 is 0 Å². The maximum Gasteiger partial charge on any atom is 0.292 e. The Kier molecular flexibility index (Phi) is 2.93. The van der Waals surface area contributed by atoms with E-state index in [1.807, 2.05) is 37.6 Å². The van der Waals surface area contributed by atoms with Gasteiger partial charge in [-0.2, -0.15) is 5.10 Å². The Morgan fingerprint density at radius 3 is 2.65 bits per heavy atom. The third-order valence-electron chi connectivity index (χ3n) is 4.15. The highest BCUT2D eigenvalue weighted by Gasteiger charge is 2.35. The maximum absolute atomic E-state index is 12.6. The third-order valence-corrected chi connectivity index (χ3v) is 4.15. The number of fused-ring (bicyclic) bond motifs is 1. The normalized spacial score (nSPS) is 15.2. The molecule has 3 aromatic rings. The van der Waals surface area contributed by atoms with Crippen molar-refractivity contribution in [3.05, 3.63) is 41.2 Å². The molecule has 0 aromatic carbocycles. The summed E-state index contributed by atoms with van der Waals surface area (Å²) in [4.78, 5) is 18.6. The van der Waals surface area contributed by atoms with E-state index in [1.54, 1.807) is 15.5 Å². The zero-order valence-electron chi connectivity index (χ0n) is 13.3. The first-order valence-corrected chi connectivity index (χ1v) is 7.53. The standard InChI is InChI=1S/C15H17N7O/c1-9-4-5-21-13(17-18-15(21)16-9)14(23)20-7-12(8-20)22-11(3)6-10(2)19-22/h4-6,12H,7-8H2,1-3H3. The Balaban J connectivity index is 1.53. The molecule has 0 N–H and O–H groups in total. The first kappa shape index (κ1) is 13.9. The van der Waals surface area contributed by atoms with Crippen LogP contribution in [0.5, 0.6) is 0 Å². The zero-order chi connectivity index (χ0) is 16.1. The Labute approximate surface area is 132 Å². The molecule has 1 saturated heterocycles. The van der Waals surface area contributed by atoms with E-state index in [-0.39, 0.29) is 11.9 Å². The van der Waals surface area contributed by atoms with Crippen LogP contribution in [0.4, 0.5) is 0 Å². The molecule has 0 spiro atoms. The SMILES string of the molecule is Cc1ccn2c(C(=O)N3CC(n4nc(C)cc4C)C3)nnc2n1. The highest BCUT2D eigenvalue weighted by Crippen LogP contribution is 2.24. The van der Waals surface area contributed by atoms with Gasteiger partial charge in [0, 0.05) is 30.7 Å². The Hall–Kier alpha value is -2.77. The molecule has 1 fully saturated rings. The van der Waals surface area contributed by atoms with E-state index < -0.39 is 0 Å². The Bertz CT molecular complexity index is 904. The number of aryl methyl sites for hydroxylation is 3. The highest BCUT2D eigenvalue weighted by atomic mass is 16.2. The average molecular weight is 311 g/mol. The molecule has 4 heterocycles. The lowest BCUT2D eigenvalue weighted by atomic mass is 10.1. The molecule has 3 aromatic heterocycles. The summed E-state index contributed by atoms with van der Waals surface area (Å²) in [6.07, 6.45) is 1.78. The van der Waals surface area contributed by atoms with E-state index in [0.717, 1.165) is 17.1 Å². The van der Waals surface area contributed by atoms with Crippen molar-refractivity contribution in [3.63, 3.8) is 0 Å². The van der Waals surface area contributed by atoms with Crippen LogP contribution in [0, 0.1) is 20.8 Å². The predicted octanol–water partition coefficient (Wildman–Crippen LogP) is 0.943. The fourth-order valence-electron chi connectivity index (χ4n) is 2.95. The number of hydrogen-bond donors (Lipinski definition) is 0. The molecule has 8 nitrogen and oxygen atoms in total. The summed E-state index contributed by atoms with van der Waals surface area (Å²) in [7, 11) is 0. The molecule has 8 heteroatoms. The summed E-state index contributed by atoms with van der Waals surface area (Å²) in [6, 6.07) is 4.11. The van der Waals surface area contributed by atoms with Crippen LogP contribution in [0.1, 0.15) is 33.7 Å². The van der Waals surface area contributed by atoms with Gasteiger partial charge in [-0.05, 0) is 32.9 Å². The molecule has 118 valence electrons. The van der Waals surface area contributed by atoms with Crippen molar-refractivity contribution in [1.29, 1.82) is 0 Å². The molecule has 0 atom stereocenters. The summed E-state index contributed by atoms with van der Waals surface area (Å²) in [5.74, 6) is 0.629. The summed E-state index contributed by atoms with van der Waals surface area (Å²) < 4.78 is 3.62. The number of amides is 1. The van der Waals surface area contributed by atoms with Crippen LogP contribution < -0.4 is 0 Å². The van der Waals surface area contributed by atoms with Crippen LogP contribution in [-0.4, -0.2) is 53.3 Å². The largest absolute Gasteiger partial charge is 0.331 e. The van der Waals surface area contributed by atoms with Crippen LogP contribution in [0.2, 0.25) is 0 Å². The van der Waals surface area contributed by atoms with Crippen LogP contribution in [0.25, 0.3) is 5.78 Å². The molecule has 0 radical (unpaired) electrons. The van der Waals surface area contributed by atoms with E-state index in [1.165, 1.54) is 0 Å². The number of likely N-dealkylation sites (tertiary alicyclic amines) is 1. The van der Waals surface area contributed by atoms with Crippen molar-refractivity contribution in [3.8, 4) is 0 Å². The molecule has 0 unspecified atom stereocenters. The van der Waals surface area contributed by atoms with E-state index in [2.05, 4.69) is 20.3 Å². The zero-order valence-corrected chi connectivity index (χ0v) is 13.3. The molecule has 0 bridgehead atoms. The van der Waals surface area contributed by atoms with Crippen molar-refractivity contribution < 1.29 is 4.79 Å². The molecule has 4 rings (SSSR count). The summed E-state index contributed by atoms with van der Waals surface area (Å²) in [5.41, 5.74) is 2.96. The average Bonchev–Trinajstić information content (AvgIpc) is 3.00. The van der Waals surface area contributed by atoms with Gasteiger partial charge in [-0.25, -0.2) is 4.98 Å². The molecular formula is C15H17N7O. The smallest absolute Gasteiger partial charge is 0.292 e. The quantitative estimate of drug-likeness (QED) is 0.703. The van der Waals surface area contributed by atoms with Gasteiger partial charge in [0.05, 0.1) is 11.7 Å². The molecule has 0 aliphatic carbocycles. The number of carbonyl (C=O) groups is 1.